The number of carbonyl (C=O) groups excluding carboxylic acids is 12. The summed E-state index contributed by atoms with van der Waals surface area (Å²) in [7, 11) is 0. The highest BCUT2D eigenvalue weighted by Gasteiger charge is 2.32. The molecule has 2 aliphatic rings. The monoisotopic (exact) mass is 1990 g/mol. The van der Waals surface area contributed by atoms with Gasteiger partial charge >= 0.3 is 24.4 Å². The molecule has 0 bridgehead atoms. The number of nitrogens with zero attached hydrogens (tertiary/aromatic N) is 16. The zero-order chi connectivity index (χ0) is 105. The van der Waals surface area contributed by atoms with E-state index in [-0.39, 0.29) is 152 Å². The molecule has 0 unspecified atom stereocenters. The number of ether oxygens (including phenoxy) is 4. The van der Waals surface area contributed by atoms with Gasteiger partial charge in [-0.25, -0.2) is 19.2 Å². The highest BCUT2D eigenvalue weighted by Crippen LogP contribution is 2.15. The van der Waals surface area contributed by atoms with E-state index in [2.05, 4.69) is 69.8 Å². The van der Waals surface area contributed by atoms with E-state index in [9.17, 15) is 57.5 Å². The van der Waals surface area contributed by atoms with Crippen LogP contribution in [0.4, 0.5) is 19.2 Å². The number of nitrogens with one attached hydrogen (secondary N) is 5. The Morgan fingerprint density at radius 1 is 0.209 bits per heavy atom. The molecule has 2 fully saturated rings. The van der Waals surface area contributed by atoms with E-state index in [0.717, 1.165) is 32.1 Å². The maximum atomic E-state index is 14.6. The van der Waals surface area contributed by atoms with Crippen LogP contribution in [0.1, 0.15) is 176 Å². The molecule has 0 aromatic rings. The van der Waals surface area contributed by atoms with Gasteiger partial charge in [0.25, 0.3) is 0 Å². The Hall–Kier alpha value is -7.80. The Balaban J connectivity index is 0.00000276. The van der Waals surface area contributed by atoms with Gasteiger partial charge in [0.2, 0.25) is 47.3 Å². The van der Waals surface area contributed by atoms with Gasteiger partial charge in [-0.05, 0) is 141 Å². The van der Waals surface area contributed by atoms with Gasteiger partial charge < -0.3 is 125 Å². The summed E-state index contributed by atoms with van der Waals surface area (Å²) in [5, 5.41) is 14.2. The van der Waals surface area contributed by atoms with Gasteiger partial charge in [0.05, 0.1) is 52.4 Å². The van der Waals surface area contributed by atoms with Crippen molar-refractivity contribution in [2.24, 2.45) is 40.1 Å². The standard InChI is InChI=1S/C56H108N12O12.C33H73N15O4.C6H15N/c1-17-25-65(26-18-2)45(69)41-61-33-34-62(42-46(70)66(27-19-3)28-20-4)36-38-64(44-48(72)68(31-23-59-51(75)79-55(11,12)13)32-24-60-52(76)80-56(14,15)16)40-39-63(37-35-61)43-47(71)67(29-21-57-49(73)77-53(5,6)7)30-22-58-50(74)78-54(8,9)10;1-2-10-45(11-3-34)30(49)26-41-18-20-42(27-31(50)46(12-4-35)13-5-36)22-24-44(29-33(52)48(16-8-39)17-9-40)25-23-43(21-19-41)28-32(51)47(14-6-37)15-7-38;1-3-5-7-6-4-2/h17-44H2,1-16H3,(H,57,73)(H,58,74)(H,59,75)(H,60,76);2-29,34-40H2,1H3;7H,3-6H2,1-2H3. The summed E-state index contributed by atoms with van der Waals surface area (Å²) >= 11 is 0. The van der Waals surface area contributed by atoms with Gasteiger partial charge in [-0.2, -0.15) is 0 Å². The molecule has 0 saturated carbocycles. The number of hydrogen-bond acceptors (Lipinski definition) is 32. The topological polar surface area (TPSA) is 536 Å². The van der Waals surface area contributed by atoms with Crippen molar-refractivity contribution in [3.05, 3.63) is 0 Å². The predicted octanol–water partition coefficient (Wildman–Crippen LogP) is -0.699. The Morgan fingerprint density at radius 3 is 0.460 bits per heavy atom. The Labute approximate surface area is 835 Å². The fourth-order valence-electron chi connectivity index (χ4n) is 15.0. The van der Waals surface area contributed by atoms with Crippen molar-refractivity contribution >= 4 is 71.6 Å². The molecule has 0 aromatic carbocycles. The van der Waals surface area contributed by atoms with Crippen LogP contribution in [-0.2, 0) is 57.3 Å². The molecular weight excluding hydrogens is 1790 g/mol. The third-order valence-corrected chi connectivity index (χ3v) is 21.9. The van der Waals surface area contributed by atoms with Crippen molar-refractivity contribution < 1.29 is 76.5 Å². The lowest BCUT2D eigenvalue weighted by Crippen LogP contribution is -2.53. The summed E-state index contributed by atoms with van der Waals surface area (Å²) in [6, 6.07) is 0. The first-order valence-electron chi connectivity index (χ1n) is 51.3. The second-order valence-electron chi connectivity index (χ2n) is 39.2. The van der Waals surface area contributed by atoms with Gasteiger partial charge in [-0.3, -0.25) is 77.6 Å². The molecule has 44 nitrogen and oxygen atoms in total. The quantitative estimate of drug-likeness (QED) is 0.0265. The molecule has 0 aromatic heterocycles. The lowest BCUT2D eigenvalue weighted by Gasteiger charge is -2.36. The van der Waals surface area contributed by atoms with Crippen molar-refractivity contribution in [1.29, 1.82) is 0 Å². The zero-order valence-corrected chi connectivity index (χ0v) is 89.7. The third-order valence-electron chi connectivity index (χ3n) is 21.9. The number of alkyl carbamates (subject to hydrolysis) is 4. The van der Waals surface area contributed by atoms with E-state index < -0.39 is 46.8 Å². The van der Waals surface area contributed by atoms with E-state index in [1.165, 1.54) is 25.9 Å². The number of hydrogen-bond donors (Lipinski definition) is 12. The second-order valence-corrected chi connectivity index (χ2v) is 39.2. The molecule has 0 radical (unpaired) electrons. The molecule has 812 valence electrons. The second kappa shape index (κ2) is 75.9. The van der Waals surface area contributed by atoms with Crippen LogP contribution in [0.2, 0.25) is 0 Å². The predicted molar refractivity (Wildman–Crippen MR) is 549 cm³/mol. The van der Waals surface area contributed by atoms with Crippen LogP contribution in [0, 0.1) is 0 Å². The number of nitrogens with two attached hydrogens (primary N) is 7. The maximum Gasteiger partial charge on any atom is 0.407 e. The Bertz CT molecular complexity index is 2970. The first-order valence-corrected chi connectivity index (χ1v) is 51.3. The molecule has 2 aliphatic heterocycles. The minimum absolute atomic E-state index is 0.00101. The van der Waals surface area contributed by atoms with Crippen molar-refractivity contribution in [1.82, 2.24) is 105 Å². The molecular formula is C95H196N28O16. The molecule has 44 heteroatoms. The van der Waals surface area contributed by atoms with Crippen LogP contribution in [0.15, 0.2) is 0 Å². The van der Waals surface area contributed by atoms with Crippen LogP contribution in [-0.4, -0.2) is 519 Å². The minimum atomic E-state index is -0.740. The molecule has 2 rings (SSSR count). The highest BCUT2D eigenvalue weighted by molar-refractivity contribution is 5.82. The molecule has 0 aliphatic carbocycles. The van der Waals surface area contributed by atoms with Crippen LogP contribution in [0.25, 0.3) is 0 Å². The molecule has 0 spiro atoms. The summed E-state index contributed by atoms with van der Waals surface area (Å²) in [6.45, 7) is 54.6. The molecule has 2 saturated heterocycles. The summed E-state index contributed by atoms with van der Waals surface area (Å²) < 4.78 is 21.8. The molecule has 19 N–H and O–H groups in total. The minimum Gasteiger partial charge on any atom is -0.444 e. The number of amides is 12. The zero-order valence-electron chi connectivity index (χ0n) is 89.7. The molecule has 12 amide bonds. The van der Waals surface area contributed by atoms with Crippen LogP contribution in [0.3, 0.4) is 0 Å². The summed E-state index contributed by atoms with van der Waals surface area (Å²) in [5.41, 5.74) is 37.7. The largest absolute Gasteiger partial charge is 0.444 e. The first-order chi connectivity index (χ1) is 65.8. The maximum absolute atomic E-state index is 14.6. The Kier molecular flexibility index (Phi) is 71.7. The van der Waals surface area contributed by atoms with Crippen LogP contribution in [0.5, 0.6) is 0 Å². The fourth-order valence-corrected chi connectivity index (χ4v) is 15.0. The fraction of sp³-hybridized carbons (Fsp3) is 0.874. The third kappa shape index (κ3) is 65.9. The Morgan fingerprint density at radius 2 is 0.338 bits per heavy atom. The first kappa shape index (κ1) is 131. The van der Waals surface area contributed by atoms with Gasteiger partial charge in [0.1, 0.15) is 22.4 Å². The van der Waals surface area contributed by atoms with E-state index in [1.54, 1.807) is 112 Å². The lowest BCUT2D eigenvalue weighted by molar-refractivity contribution is -0.135. The SMILES string of the molecule is CCCN(CCC)C(=O)CN1CCN(CC(=O)N(CCC)CCC)CCN(CC(=O)N(CCNC(=O)OC(C)(C)C)CCNC(=O)OC(C)(C)C)CCN(CC(=O)N(CCNC(=O)OC(C)(C)C)CCNC(=O)OC(C)(C)C)CC1.CCCN(CCN)C(=O)CN1CCN(CC(=O)N(CCN)CCN)CCN(CC(=O)N(CCN)CCN)CCN(CC(=O)N(CCN)CCN)CC1.CCCNCCC. The van der Waals surface area contributed by atoms with Crippen molar-refractivity contribution in [3.8, 4) is 0 Å². The number of rotatable bonds is 56. The normalized spacial score (nSPS) is 14.9. The van der Waals surface area contributed by atoms with Crippen molar-refractivity contribution in [2.45, 2.75) is 199 Å². The van der Waals surface area contributed by atoms with Gasteiger partial charge in [-0.15, -0.1) is 0 Å². The van der Waals surface area contributed by atoms with E-state index in [4.69, 9.17) is 59.1 Å². The average molecular weight is 1990 g/mol. The molecule has 0 atom stereocenters. The molecule has 139 heavy (non-hydrogen) atoms. The highest BCUT2D eigenvalue weighted by atomic mass is 16.6. The number of carbonyl (C=O) groups is 12. The molecule has 2 heterocycles. The van der Waals surface area contributed by atoms with E-state index in [1.807, 2.05) is 54.2 Å². The van der Waals surface area contributed by atoms with Crippen LogP contribution >= 0.6 is 0 Å². The van der Waals surface area contributed by atoms with E-state index >= 15 is 0 Å². The van der Waals surface area contributed by atoms with Crippen molar-refractivity contribution in [3.63, 3.8) is 0 Å². The van der Waals surface area contributed by atoms with E-state index in [0.29, 0.717) is 229 Å². The van der Waals surface area contributed by atoms with Gasteiger partial charge in [0.15, 0.2) is 0 Å². The smallest absolute Gasteiger partial charge is 0.407 e. The summed E-state index contributed by atoms with van der Waals surface area (Å²) in [5.74, 6) is -0.818. The van der Waals surface area contributed by atoms with Gasteiger partial charge in [0, 0.05) is 281 Å². The summed E-state index contributed by atoms with van der Waals surface area (Å²) in [6.07, 6.45) is 4.00. The summed E-state index contributed by atoms with van der Waals surface area (Å²) in [4.78, 5) is 192. The van der Waals surface area contributed by atoms with Gasteiger partial charge in [-0.1, -0.05) is 48.5 Å². The average Bonchev–Trinajstić information content (AvgIpc) is 0.871. The van der Waals surface area contributed by atoms with Crippen LogP contribution < -0.4 is 66.7 Å². The van der Waals surface area contributed by atoms with Crippen molar-refractivity contribution in [2.75, 3.05) is 347 Å². The lowest BCUT2D eigenvalue weighted by atomic mass is 10.2.